The number of likely N-dealkylation sites (tertiary alicyclic amines) is 1. The molecule has 0 aliphatic carbocycles. The Morgan fingerprint density at radius 1 is 1.12 bits per heavy atom. The highest BCUT2D eigenvalue weighted by Gasteiger charge is 2.44. The molecule has 2 amide bonds. The van der Waals surface area contributed by atoms with Crippen LogP contribution in [0.5, 0.6) is 0 Å². The van der Waals surface area contributed by atoms with Crippen LogP contribution in [0.15, 0.2) is 30.3 Å². The number of ether oxygens (including phenoxy) is 1. The van der Waals surface area contributed by atoms with Gasteiger partial charge in [0, 0.05) is 19.0 Å². The smallest absolute Gasteiger partial charge is 0.444 e. The Kier molecular flexibility index (Phi) is 5.29. The van der Waals surface area contributed by atoms with Crippen molar-refractivity contribution in [3.05, 3.63) is 35.9 Å². The van der Waals surface area contributed by atoms with Gasteiger partial charge in [-0.15, -0.1) is 0 Å². The van der Waals surface area contributed by atoms with E-state index in [1.165, 1.54) is 4.90 Å². The second-order valence-corrected chi connectivity index (χ2v) is 6.98. The molecule has 1 saturated heterocycles. The van der Waals surface area contributed by atoms with E-state index >= 15 is 0 Å². The molecule has 1 aromatic rings. The molecule has 1 heterocycles. The molecule has 0 bridgehead atoms. The summed E-state index contributed by atoms with van der Waals surface area (Å²) >= 11 is 0. The molecule has 0 unspecified atom stereocenters. The van der Waals surface area contributed by atoms with Crippen molar-refractivity contribution in [1.82, 2.24) is 10.2 Å². The molecule has 2 rings (SSSR count). The molecule has 1 aromatic carbocycles. The molecule has 1 N–H and O–H groups in total. The third-order valence-electron chi connectivity index (χ3n) is 3.77. The topological polar surface area (TPSA) is 58.6 Å². The molecule has 8 heteroatoms. The van der Waals surface area contributed by atoms with Crippen LogP contribution in [0.3, 0.4) is 0 Å². The lowest BCUT2D eigenvalue weighted by molar-refractivity contribution is -0.174. The van der Waals surface area contributed by atoms with Crippen LogP contribution < -0.4 is 5.32 Å². The van der Waals surface area contributed by atoms with E-state index in [0.717, 1.165) is 5.56 Å². The number of nitrogens with zero attached hydrogens (tertiary/aromatic N) is 1. The fourth-order valence-electron chi connectivity index (χ4n) is 2.71. The van der Waals surface area contributed by atoms with Crippen molar-refractivity contribution >= 4 is 12.0 Å². The minimum absolute atomic E-state index is 0.0453. The average molecular weight is 358 g/mol. The summed E-state index contributed by atoms with van der Waals surface area (Å²) in [4.78, 5) is 24.9. The van der Waals surface area contributed by atoms with Gasteiger partial charge in [-0.2, -0.15) is 13.2 Å². The lowest BCUT2D eigenvalue weighted by Gasteiger charge is -2.24. The molecular weight excluding hydrogens is 337 g/mol. The van der Waals surface area contributed by atoms with E-state index in [1.54, 1.807) is 51.1 Å². The van der Waals surface area contributed by atoms with Gasteiger partial charge < -0.3 is 15.0 Å². The Balaban J connectivity index is 2.19. The molecule has 0 saturated carbocycles. The Labute approximate surface area is 144 Å². The number of alkyl halides is 3. The highest BCUT2D eigenvalue weighted by atomic mass is 19.4. The number of halogens is 3. The Hall–Kier alpha value is -2.25. The zero-order chi connectivity index (χ0) is 18.8. The number of carbonyl (C=O) groups is 2. The van der Waals surface area contributed by atoms with Crippen LogP contribution in [0.2, 0.25) is 0 Å². The Morgan fingerprint density at radius 2 is 1.72 bits per heavy atom. The van der Waals surface area contributed by atoms with Gasteiger partial charge >= 0.3 is 18.2 Å². The maximum absolute atomic E-state index is 12.6. The third kappa shape index (κ3) is 5.11. The van der Waals surface area contributed by atoms with Gasteiger partial charge in [-0.05, 0) is 26.3 Å². The van der Waals surface area contributed by atoms with Crippen molar-refractivity contribution in [2.45, 2.75) is 44.5 Å². The summed E-state index contributed by atoms with van der Waals surface area (Å²) in [5, 5.41) is 2.00. The number of carbonyl (C=O) groups excluding carboxylic acids is 2. The zero-order valence-electron chi connectivity index (χ0n) is 14.3. The lowest BCUT2D eigenvalue weighted by Crippen LogP contribution is -2.46. The van der Waals surface area contributed by atoms with Crippen molar-refractivity contribution in [2.75, 3.05) is 13.1 Å². The molecule has 0 radical (unpaired) electrons. The standard InChI is InChI=1S/C17H21F3N2O3/c1-16(2,3)25-15(24)22-9-12(11-7-5-4-6-8-11)13(10-22)21-14(23)17(18,19)20/h4-8,12-13H,9-10H2,1-3H3,(H,21,23)/t12-,13-/m0/s1. The maximum Gasteiger partial charge on any atom is 0.471 e. The van der Waals surface area contributed by atoms with Gasteiger partial charge in [0.1, 0.15) is 5.60 Å². The second kappa shape index (κ2) is 6.93. The number of hydrogen-bond donors (Lipinski definition) is 1. The molecule has 0 spiro atoms. The van der Waals surface area contributed by atoms with Crippen molar-refractivity contribution in [3.63, 3.8) is 0 Å². The fourth-order valence-corrected chi connectivity index (χ4v) is 2.71. The molecule has 0 aromatic heterocycles. The number of rotatable bonds is 2. The number of amides is 2. The number of nitrogens with one attached hydrogen (secondary N) is 1. The monoisotopic (exact) mass is 358 g/mol. The van der Waals surface area contributed by atoms with Crippen LogP contribution in [0, 0.1) is 0 Å². The predicted molar refractivity (Wildman–Crippen MR) is 85.0 cm³/mol. The first kappa shape index (κ1) is 19.1. The maximum atomic E-state index is 12.6. The van der Waals surface area contributed by atoms with E-state index in [1.807, 2.05) is 5.32 Å². The van der Waals surface area contributed by atoms with Gasteiger partial charge in [-0.1, -0.05) is 30.3 Å². The molecule has 2 atom stereocenters. The normalized spacial score (nSPS) is 21.1. The molecule has 1 fully saturated rings. The van der Waals surface area contributed by atoms with E-state index < -0.39 is 35.7 Å². The molecule has 1 aliphatic heterocycles. The third-order valence-corrected chi connectivity index (χ3v) is 3.77. The lowest BCUT2D eigenvalue weighted by atomic mass is 9.94. The molecule has 5 nitrogen and oxygen atoms in total. The summed E-state index contributed by atoms with van der Waals surface area (Å²) in [5.74, 6) is -2.45. The predicted octanol–water partition coefficient (Wildman–Crippen LogP) is 3.07. The van der Waals surface area contributed by atoms with Crippen LogP contribution in [-0.2, 0) is 9.53 Å². The molecule has 1 aliphatic rings. The molecular formula is C17H21F3N2O3. The van der Waals surface area contributed by atoms with Crippen molar-refractivity contribution in [3.8, 4) is 0 Å². The van der Waals surface area contributed by atoms with Crippen molar-refractivity contribution < 1.29 is 27.5 Å². The van der Waals surface area contributed by atoms with E-state index in [9.17, 15) is 22.8 Å². The van der Waals surface area contributed by atoms with Crippen LogP contribution in [-0.4, -0.2) is 47.8 Å². The van der Waals surface area contributed by atoms with Gasteiger partial charge in [-0.3, -0.25) is 4.79 Å². The van der Waals surface area contributed by atoms with Gasteiger partial charge in [-0.25, -0.2) is 4.79 Å². The first-order valence-electron chi connectivity index (χ1n) is 7.88. The van der Waals surface area contributed by atoms with E-state index in [-0.39, 0.29) is 13.1 Å². The highest BCUT2D eigenvalue weighted by Crippen LogP contribution is 2.29. The fraction of sp³-hybridized carbons (Fsp3) is 0.529. The summed E-state index contributed by atoms with van der Waals surface area (Å²) in [6.07, 6.45) is -5.59. The zero-order valence-corrected chi connectivity index (χ0v) is 14.3. The van der Waals surface area contributed by atoms with Crippen LogP contribution in [0.4, 0.5) is 18.0 Å². The first-order valence-corrected chi connectivity index (χ1v) is 7.88. The average Bonchev–Trinajstić information content (AvgIpc) is 2.89. The van der Waals surface area contributed by atoms with E-state index in [0.29, 0.717) is 0 Å². The Morgan fingerprint density at radius 3 is 2.24 bits per heavy atom. The van der Waals surface area contributed by atoms with Gasteiger partial charge in [0.25, 0.3) is 0 Å². The quantitative estimate of drug-likeness (QED) is 0.884. The molecule has 25 heavy (non-hydrogen) atoms. The number of hydrogen-bond acceptors (Lipinski definition) is 3. The van der Waals surface area contributed by atoms with Gasteiger partial charge in [0.2, 0.25) is 0 Å². The van der Waals surface area contributed by atoms with Crippen LogP contribution in [0.25, 0.3) is 0 Å². The van der Waals surface area contributed by atoms with Crippen molar-refractivity contribution in [2.24, 2.45) is 0 Å². The Bertz CT molecular complexity index is 626. The number of benzene rings is 1. The van der Waals surface area contributed by atoms with Gasteiger partial charge in [0.05, 0.1) is 6.04 Å². The summed E-state index contributed by atoms with van der Waals surface area (Å²) in [6.45, 7) is 5.24. The second-order valence-electron chi connectivity index (χ2n) is 6.98. The van der Waals surface area contributed by atoms with Crippen LogP contribution >= 0.6 is 0 Å². The summed E-state index contributed by atoms with van der Waals surface area (Å²) in [5.41, 5.74) is 0.0353. The molecule has 138 valence electrons. The SMILES string of the molecule is CC(C)(C)OC(=O)N1C[C@H](NC(=O)C(F)(F)F)[C@H](c2ccccc2)C1. The minimum Gasteiger partial charge on any atom is -0.444 e. The first-order chi connectivity index (χ1) is 11.5. The largest absolute Gasteiger partial charge is 0.471 e. The summed E-state index contributed by atoms with van der Waals surface area (Å²) < 4.78 is 43.1. The van der Waals surface area contributed by atoms with E-state index in [4.69, 9.17) is 4.74 Å². The summed E-state index contributed by atoms with van der Waals surface area (Å²) in [6, 6.07) is 7.98. The van der Waals surface area contributed by atoms with Gasteiger partial charge in [0.15, 0.2) is 0 Å². The van der Waals surface area contributed by atoms with E-state index in [2.05, 4.69) is 0 Å². The minimum atomic E-state index is -4.97. The highest BCUT2D eigenvalue weighted by molar-refractivity contribution is 5.82. The van der Waals surface area contributed by atoms with Crippen molar-refractivity contribution in [1.29, 1.82) is 0 Å². The van der Waals surface area contributed by atoms with Crippen LogP contribution in [0.1, 0.15) is 32.3 Å². The summed E-state index contributed by atoms with van der Waals surface area (Å²) in [7, 11) is 0.